The lowest BCUT2D eigenvalue weighted by Gasteiger charge is -2.22. The van der Waals surface area contributed by atoms with Crippen LogP contribution in [0.3, 0.4) is 0 Å². The highest BCUT2D eigenvalue weighted by Crippen LogP contribution is 2.51. The van der Waals surface area contributed by atoms with Crippen LogP contribution >= 0.6 is 0 Å². The van der Waals surface area contributed by atoms with E-state index in [0.717, 1.165) is 12.5 Å². The Hall–Kier alpha value is -0.160. The molecule has 108 valence electrons. The zero-order valence-corrected chi connectivity index (χ0v) is 12.2. The van der Waals surface area contributed by atoms with Crippen LogP contribution in [-0.2, 0) is 9.47 Å². The number of rotatable bonds is 10. The van der Waals surface area contributed by atoms with Crippen molar-refractivity contribution in [3.05, 3.63) is 0 Å². The Labute approximate surface area is 111 Å². The van der Waals surface area contributed by atoms with Crippen LogP contribution in [0.4, 0.5) is 0 Å². The van der Waals surface area contributed by atoms with Gasteiger partial charge in [0.25, 0.3) is 0 Å². The molecule has 2 atom stereocenters. The predicted molar refractivity (Wildman–Crippen MR) is 72.7 cm³/mol. The van der Waals surface area contributed by atoms with Crippen LogP contribution in [0.2, 0.25) is 0 Å². The Bertz CT molecular complexity index is 229. The lowest BCUT2D eigenvalue weighted by molar-refractivity contribution is -0.0313. The number of aliphatic hydroxyl groups is 1. The molecule has 18 heavy (non-hydrogen) atoms. The van der Waals surface area contributed by atoms with Crippen LogP contribution in [0.25, 0.3) is 0 Å². The van der Waals surface area contributed by atoms with Gasteiger partial charge in [-0.3, -0.25) is 0 Å². The first-order valence-electron chi connectivity index (χ1n) is 6.99. The number of ether oxygens (including phenoxy) is 2. The molecular weight excluding hydrogens is 230 g/mol. The molecule has 2 unspecified atom stereocenters. The second-order valence-electron chi connectivity index (χ2n) is 5.90. The molecule has 1 aliphatic rings. The Balaban J connectivity index is 2.05. The summed E-state index contributed by atoms with van der Waals surface area (Å²) in [5.74, 6) is 0.722. The first-order chi connectivity index (χ1) is 8.50. The Morgan fingerprint density at radius 2 is 1.89 bits per heavy atom. The Kier molecular flexibility index (Phi) is 6.57. The molecule has 0 aromatic rings. The van der Waals surface area contributed by atoms with Crippen molar-refractivity contribution in [2.24, 2.45) is 11.3 Å². The molecule has 0 bridgehead atoms. The van der Waals surface area contributed by atoms with E-state index in [1.807, 2.05) is 6.92 Å². The SMILES string of the molecule is COCC(C)OCC(O)CNCC1(C(C)C)CC1. The molecule has 0 aromatic heterocycles. The summed E-state index contributed by atoms with van der Waals surface area (Å²) in [5, 5.41) is 13.2. The fourth-order valence-corrected chi connectivity index (χ4v) is 2.22. The maximum atomic E-state index is 9.79. The first kappa shape index (κ1) is 15.9. The van der Waals surface area contributed by atoms with Crippen LogP contribution in [0.15, 0.2) is 0 Å². The van der Waals surface area contributed by atoms with Crippen molar-refractivity contribution in [3.63, 3.8) is 0 Å². The van der Waals surface area contributed by atoms with E-state index in [9.17, 15) is 5.11 Å². The molecule has 0 spiro atoms. The third-order valence-corrected chi connectivity index (χ3v) is 3.95. The third kappa shape index (κ3) is 5.22. The standard InChI is InChI=1S/C14H29NO3/c1-11(2)14(5-6-14)10-15-7-13(16)9-18-12(3)8-17-4/h11-13,15-16H,5-10H2,1-4H3. The molecule has 0 radical (unpaired) electrons. The maximum Gasteiger partial charge on any atom is 0.0897 e. The molecule has 0 saturated heterocycles. The molecule has 2 N–H and O–H groups in total. The van der Waals surface area contributed by atoms with E-state index >= 15 is 0 Å². The molecule has 4 nitrogen and oxygen atoms in total. The normalized spacial score (nSPS) is 21.0. The number of aliphatic hydroxyl groups excluding tert-OH is 1. The van der Waals surface area contributed by atoms with E-state index in [1.54, 1.807) is 7.11 Å². The minimum atomic E-state index is -0.438. The number of hydrogen-bond donors (Lipinski definition) is 2. The van der Waals surface area contributed by atoms with Gasteiger partial charge in [0.1, 0.15) is 0 Å². The minimum absolute atomic E-state index is 0.0371. The van der Waals surface area contributed by atoms with Crippen molar-refractivity contribution < 1.29 is 14.6 Å². The van der Waals surface area contributed by atoms with Crippen molar-refractivity contribution in [2.45, 2.75) is 45.8 Å². The van der Waals surface area contributed by atoms with Gasteiger partial charge in [-0.25, -0.2) is 0 Å². The van der Waals surface area contributed by atoms with Gasteiger partial charge in [-0.1, -0.05) is 13.8 Å². The van der Waals surface area contributed by atoms with Crippen LogP contribution < -0.4 is 5.32 Å². The van der Waals surface area contributed by atoms with E-state index in [2.05, 4.69) is 19.2 Å². The zero-order chi connectivity index (χ0) is 13.6. The lowest BCUT2D eigenvalue weighted by Crippen LogP contribution is -2.36. The molecule has 0 aliphatic heterocycles. The second kappa shape index (κ2) is 7.43. The van der Waals surface area contributed by atoms with Crippen molar-refractivity contribution >= 4 is 0 Å². The molecule has 1 rings (SSSR count). The summed E-state index contributed by atoms with van der Waals surface area (Å²) >= 11 is 0. The quantitative estimate of drug-likeness (QED) is 0.623. The van der Waals surface area contributed by atoms with Crippen molar-refractivity contribution in [2.75, 3.05) is 33.4 Å². The highest BCUT2D eigenvalue weighted by atomic mass is 16.5. The van der Waals surface area contributed by atoms with Crippen LogP contribution in [0, 0.1) is 11.3 Å². The number of nitrogens with one attached hydrogen (secondary N) is 1. The Morgan fingerprint density at radius 1 is 1.22 bits per heavy atom. The Morgan fingerprint density at radius 3 is 2.39 bits per heavy atom. The molecule has 0 heterocycles. The van der Waals surface area contributed by atoms with Crippen molar-refractivity contribution in [3.8, 4) is 0 Å². The fourth-order valence-electron chi connectivity index (χ4n) is 2.22. The first-order valence-corrected chi connectivity index (χ1v) is 6.99. The van der Waals surface area contributed by atoms with Gasteiger partial charge in [0, 0.05) is 20.2 Å². The predicted octanol–water partition coefficient (Wildman–Crippen LogP) is 1.42. The van der Waals surface area contributed by atoms with Gasteiger partial charge in [-0.15, -0.1) is 0 Å². The summed E-state index contributed by atoms with van der Waals surface area (Å²) in [4.78, 5) is 0. The highest BCUT2D eigenvalue weighted by Gasteiger charge is 2.44. The fraction of sp³-hybridized carbons (Fsp3) is 1.00. The zero-order valence-electron chi connectivity index (χ0n) is 12.2. The van der Waals surface area contributed by atoms with Gasteiger partial charge in [-0.05, 0) is 31.1 Å². The van der Waals surface area contributed by atoms with Crippen LogP contribution in [0.5, 0.6) is 0 Å². The van der Waals surface area contributed by atoms with Crippen molar-refractivity contribution in [1.82, 2.24) is 5.32 Å². The minimum Gasteiger partial charge on any atom is -0.389 e. The third-order valence-electron chi connectivity index (χ3n) is 3.95. The van der Waals surface area contributed by atoms with Gasteiger partial charge >= 0.3 is 0 Å². The number of methoxy groups -OCH3 is 1. The molecule has 1 aliphatic carbocycles. The number of hydrogen-bond acceptors (Lipinski definition) is 4. The maximum absolute atomic E-state index is 9.79. The van der Waals surface area contributed by atoms with E-state index in [1.165, 1.54) is 12.8 Å². The molecule has 4 heteroatoms. The summed E-state index contributed by atoms with van der Waals surface area (Å²) in [6.45, 7) is 9.05. The summed E-state index contributed by atoms with van der Waals surface area (Å²) in [7, 11) is 1.65. The van der Waals surface area contributed by atoms with Gasteiger partial charge in [-0.2, -0.15) is 0 Å². The van der Waals surface area contributed by atoms with Gasteiger partial charge < -0.3 is 19.9 Å². The molecule has 0 aromatic carbocycles. The van der Waals surface area contributed by atoms with E-state index in [0.29, 0.717) is 25.2 Å². The molecule has 1 fully saturated rings. The topological polar surface area (TPSA) is 50.7 Å². The average molecular weight is 259 g/mol. The summed E-state index contributed by atoms with van der Waals surface area (Å²) < 4.78 is 10.4. The van der Waals surface area contributed by atoms with Crippen molar-refractivity contribution in [1.29, 1.82) is 0 Å². The van der Waals surface area contributed by atoms with Crippen LogP contribution in [0.1, 0.15) is 33.6 Å². The van der Waals surface area contributed by atoms with E-state index in [4.69, 9.17) is 9.47 Å². The van der Waals surface area contributed by atoms with E-state index < -0.39 is 6.10 Å². The van der Waals surface area contributed by atoms with Gasteiger partial charge in [0.2, 0.25) is 0 Å². The van der Waals surface area contributed by atoms with Gasteiger partial charge in [0.05, 0.1) is 25.4 Å². The average Bonchev–Trinajstić information content (AvgIpc) is 3.08. The monoisotopic (exact) mass is 259 g/mol. The van der Waals surface area contributed by atoms with E-state index in [-0.39, 0.29) is 6.10 Å². The van der Waals surface area contributed by atoms with Crippen LogP contribution in [-0.4, -0.2) is 50.7 Å². The molecule has 1 saturated carbocycles. The van der Waals surface area contributed by atoms with Gasteiger partial charge in [0.15, 0.2) is 0 Å². The molecular formula is C14H29NO3. The summed E-state index contributed by atoms with van der Waals surface area (Å²) in [6.07, 6.45) is 2.23. The largest absolute Gasteiger partial charge is 0.389 e. The highest BCUT2D eigenvalue weighted by molar-refractivity contribution is 4.97. The smallest absolute Gasteiger partial charge is 0.0897 e. The summed E-state index contributed by atoms with van der Waals surface area (Å²) in [5.41, 5.74) is 0.490. The second-order valence-corrected chi connectivity index (χ2v) is 5.90. The lowest BCUT2D eigenvalue weighted by atomic mass is 9.92. The summed E-state index contributed by atoms with van der Waals surface area (Å²) in [6, 6.07) is 0. The molecule has 0 amide bonds.